The van der Waals surface area contributed by atoms with Gasteiger partial charge in [-0.3, -0.25) is 14.8 Å². The molecule has 0 bridgehead atoms. The molecular formula is C14H20N4O. The van der Waals surface area contributed by atoms with Gasteiger partial charge in [-0.2, -0.15) is 5.26 Å². The zero-order valence-electron chi connectivity index (χ0n) is 11.6. The third kappa shape index (κ3) is 3.91. The van der Waals surface area contributed by atoms with Crippen molar-refractivity contribution in [3.63, 3.8) is 0 Å². The molecule has 1 saturated heterocycles. The molecule has 1 aliphatic rings. The highest BCUT2D eigenvalue weighted by Crippen LogP contribution is 2.15. The van der Waals surface area contributed by atoms with E-state index in [2.05, 4.69) is 20.9 Å². The van der Waals surface area contributed by atoms with Crippen LogP contribution < -0.4 is 4.74 Å². The van der Waals surface area contributed by atoms with E-state index in [1.807, 2.05) is 19.1 Å². The van der Waals surface area contributed by atoms with Gasteiger partial charge >= 0.3 is 0 Å². The normalized spacial score (nSPS) is 17.1. The number of hydrogen-bond acceptors (Lipinski definition) is 5. The first-order chi connectivity index (χ1) is 9.21. The molecule has 5 nitrogen and oxygen atoms in total. The topological polar surface area (TPSA) is 52.4 Å². The number of aromatic nitrogens is 1. The number of methoxy groups -OCH3 is 1. The smallest absolute Gasteiger partial charge is 0.122 e. The Morgan fingerprint density at radius 2 is 1.95 bits per heavy atom. The van der Waals surface area contributed by atoms with E-state index in [0.29, 0.717) is 6.54 Å². The van der Waals surface area contributed by atoms with Crippen molar-refractivity contribution in [1.29, 1.82) is 5.26 Å². The lowest BCUT2D eigenvalue weighted by molar-refractivity contribution is 0.137. The van der Waals surface area contributed by atoms with Crippen LogP contribution in [0.25, 0.3) is 0 Å². The van der Waals surface area contributed by atoms with Crippen LogP contribution in [0.4, 0.5) is 0 Å². The van der Waals surface area contributed by atoms with Crippen molar-refractivity contribution in [2.24, 2.45) is 0 Å². The Kier molecular flexibility index (Phi) is 4.72. The molecule has 2 rings (SSSR count). The standard InChI is InChI=1S/C14H20N4O/c1-12-9-14(19-2)10-13(16-12)11-18-7-5-17(4-3-15)6-8-18/h9-10H,4-8,11H2,1-2H3. The SMILES string of the molecule is COc1cc(C)nc(CN2CCN(CC#N)CC2)c1. The van der Waals surface area contributed by atoms with Crippen LogP contribution in [-0.2, 0) is 6.54 Å². The summed E-state index contributed by atoms with van der Waals surface area (Å²) in [6.07, 6.45) is 0. The van der Waals surface area contributed by atoms with E-state index in [0.717, 1.165) is 49.9 Å². The summed E-state index contributed by atoms with van der Waals surface area (Å²) in [4.78, 5) is 9.10. The van der Waals surface area contributed by atoms with Gasteiger partial charge in [-0.05, 0) is 6.92 Å². The Bertz CT molecular complexity index is 461. The summed E-state index contributed by atoms with van der Waals surface area (Å²) in [5.74, 6) is 0.866. The first-order valence-corrected chi connectivity index (χ1v) is 6.54. The summed E-state index contributed by atoms with van der Waals surface area (Å²) in [5.41, 5.74) is 2.03. The van der Waals surface area contributed by atoms with Crippen LogP contribution >= 0.6 is 0 Å². The number of pyridine rings is 1. The van der Waals surface area contributed by atoms with Gasteiger partial charge in [0.2, 0.25) is 0 Å². The van der Waals surface area contributed by atoms with E-state index in [-0.39, 0.29) is 0 Å². The molecule has 102 valence electrons. The Morgan fingerprint density at radius 1 is 1.26 bits per heavy atom. The second-order valence-electron chi connectivity index (χ2n) is 4.85. The Labute approximate surface area is 114 Å². The minimum absolute atomic E-state index is 0.532. The number of rotatable bonds is 4. The minimum Gasteiger partial charge on any atom is -0.497 e. The van der Waals surface area contributed by atoms with Crippen LogP contribution in [0.5, 0.6) is 5.75 Å². The van der Waals surface area contributed by atoms with Gasteiger partial charge in [0.05, 0.1) is 25.4 Å². The average Bonchev–Trinajstić information content (AvgIpc) is 2.40. The van der Waals surface area contributed by atoms with Crippen molar-refractivity contribution in [2.75, 3.05) is 39.8 Å². The summed E-state index contributed by atoms with van der Waals surface area (Å²) >= 11 is 0. The molecule has 0 radical (unpaired) electrons. The fourth-order valence-electron chi connectivity index (χ4n) is 2.34. The van der Waals surface area contributed by atoms with Crippen LogP contribution in [0.1, 0.15) is 11.4 Å². The molecule has 0 saturated carbocycles. The zero-order chi connectivity index (χ0) is 13.7. The van der Waals surface area contributed by atoms with Crippen molar-refractivity contribution in [3.8, 4) is 11.8 Å². The molecule has 1 aromatic rings. The maximum absolute atomic E-state index is 8.68. The van der Waals surface area contributed by atoms with Crippen molar-refractivity contribution < 1.29 is 4.74 Å². The fourth-order valence-corrected chi connectivity index (χ4v) is 2.34. The Balaban J connectivity index is 1.92. The van der Waals surface area contributed by atoms with Gasteiger partial charge in [-0.15, -0.1) is 0 Å². The molecule has 1 aromatic heterocycles. The van der Waals surface area contributed by atoms with Gasteiger partial charge in [0, 0.05) is 50.6 Å². The van der Waals surface area contributed by atoms with Gasteiger partial charge in [-0.25, -0.2) is 0 Å². The van der Waals surface area contributed by atoms with Gasteiger partial charge in [-0.1, -0.05) is 0 Å². The molecule has 0 atom stereocenters. The first-order valence-electron chi connectivity index (χ1n) is 6.54. The van der Waals surface area contributed by atoms with Crippen molar-refractivity contribution >= 4 is 0 Å². The van der Waals surface area contributed by atoms with Gasteiger partial charge < -0.3 is 4.74 Å². The summed E-state index contributed by atoms with van der Waals surface area (Å²) in [5, 5.41) is 8.68. The van der Waals surface area contributed by atoms with Crippen LogP contribution in [0.3, 0.4) is 0 Å². The number of nitrogens with zero attached hydrogens (tertiary/aromatic N) is 4. The highest BCUT2D eigenvalue weighted by Gasteiger charge is 2.17. The van der Waals surface area contributed by atoms with Crippen molar-refractivity contribution in [3.05, 3.63) is 23.5 Å². The summed E-state index contributed by atoms with van der Waals surface area (Å²) in [6, 6.07) is 6.14. The number of nitriles is 1. The third-order valence-corrected chi connectivity index (χ3v) is 3.36. The lowest BCUT2D eigenvalue weighted by Crippen LogP contribution is -2.45. The average molecular weight is 260 g/mol. The van der Waals surface area contributed by atoms with E-state index in [1.54, 1.807) is 7.11 Å². The second kappa shape index (κ2) is 6.50. The van der Waals surface area contributed by atoms with Crippen LogP contribution in [-0.4, -0.2) is 54.6 Å². The maximum Gasteiger partial charge on any atom is 0.122 e. The molecule has 0 N–H and O–H groups in total. The Hall–Kier alpha value is -1.64. The quantitative estimate of drug-likeness (QED) is 0.757. The monoisotopic (exact) mass is 260 g/mol. The molecule has 0 aromatic carbocycles. The van der Waals surface area contributed by atoms with Gasteiger partial charge in [0.1, 0.15) is 5.75 Å². The van der Waals surface area contributed by atoms with E-state index in [4.69, 9.17) is 10.00 Å². The van der Waals surface area contributed by atoms with E-state index >= 15 is 0 Å². The lowest BCUT2D eigenvalue weighted by Gasteiger charge is -2.33. The maximum atomic E-state index is 8.68. The largest absolute Gasteiger partial charge is 0.497 e. The number of aryl methyl sites for hydroxylation is 1. The molecule has 0 spiro atoms. The minimum atomic E-state index is 0.532. The van der Waals surface area contributed by atoms with Gasteiger partial charge in [0.25, 0.3) is 0 Å². The molecule has 19 heavy (non-hydrogen) atoms. The van der Waals surface area contributed by atoms with Crippen LogP contribution in [0.2, 0.25) is 0 Å². The lowest BCUT2D eigenvalue weighted by atomic mass is 10.2. The second-order valence-corrected chi connectivity index (χ2v) is 4.85. The number of hydrogen-bond donors (Lipinski definition) is 0. The number of ether oxygens (including phenoxy) is 1. The van der Waals surface area contributed by atoms with Crippen LogP contribution in [0.15, 0.2) is 12.1 Å². The summed E-state index contributed by atoms with van der Waals surface area (Å²) < 4.78 is 5.27. The predicted octanol–water partition coefficient (Wildman–Crippen LogP) is 1.04. The highest BCUT2D eigenvalue weighted by molar-refractivity contribution is 5.26. The van der Waals surface area contributed by atoms with Crippen molar-refractivity contribution in [2.45, 2.75) is 13.5 Å². The zero-order valence-corrected chi connectivity index (χ0v) is 11.6. The first kappa shape index (κ1) is 13.8. The van der Waals surface area contributed by atoms with Crippen LogP contribution in [0, 0.1) is 18.3 Å². The van der Waals surface area contributed by atoms with E-state index in [1.165, 1.54) is 0 Å². The summed E-state index contributed by atoms with van der Waals surface area (Å²) in [6.45, 7) is 7.24. The highest BCUT2D eigenvalue weighted by atomic mass is 16.5. The fraction of sp³-hybridized carbons (Fsp3) is 0.571. The molecule has 0 aliphatic carbocycles. The predicted molar refractivity (Wildman–Crippen MR) is 72.9 cm³/mol. The third-order valence-electron chi connectivity index (χ3n) is 3.36. The molecule has 0 amide bonds. The van der Waals surface area contributed by atoms with Gasteiger partial charge in [0.15, 0.2) is 0 Å². The summed E-state index contributed by atoms with van der Waals surface area (Å²) in [7, 11) is 1.68. The molecule has 5 heteroatoms. The molecular weight excluding hydrogens is 240 g/mol. The molecule has 1 fully saturated rings. The number of piperazine rings is 1. The molecule has 2 heterocycles. The molecule has 1 aliphatic heterocycles. The van der Waals surface area contributed by atoms with E-state index < -0.39 is 0 Å². The van der Waals surface area contributed by atoms with Crippen molar-refractivity contribution in [1.82, 2.24) is 14.8 Å². The Morgan fingerprint density at radius 3 is 2.58 bits per heavy atom. The molecule has 0 unspecified atom stereocenters. The van der Waals surface area contributed by atoms with E-state index in [9.17, 15) is 0 Å².